The predicted molar refractivity (Wildman–Crippen MR) is 89.3 cm³/mol. The molecule has 1 heterocycles. The number of nitro groups is 1. The van der Waals surface area contributed by atoms with Crippen LogP contribution in [-0.2, 0) is 10.0 Å². The molecule has 0 saturated heterocycles. The molecule has 132 valence electrons. The Morgan fingerprint density at radius 1 is 1.28 bits per heavy atom. The van der Waals surface area contributed by atoms with Crippen LogP contribution in [0.2, 0.25) is 0 Å². The average molecular weight is 364 g/mol. The highest BCUT2D eigenvalue weighted by molar-refractivity contribution is 7.89. The molecule has 0 bridgehead atoms. The molecule has 0 fully saturated rings. The summed E-state index contributed by atoms with van der Waals surface area (Å²) in [6.45, 7) is 0.382. The molecule has 9 heteroatoms. The van der Waals surface area contributed by atoms with Crippen LogP contribution in [0.25, 0.3) is 0 Å². The van der Waals surface area contributed by atoms with E-state index in [2.05, 4.69) is 4.72 Å². The monoisotopic (exact) mass is 364 g/mol. The maximum Gasteiger partial charge on any atom is 0.312 e. The van der Waals surface area contributed by atoms with Gasteiger partial charge in [-0.2, -0.15) is 0 Å². The highest BCUT2D eigenvalue weighted by Crippen LogP contribution is 2.34. The normalized spacial score (nSPS) is 16.6. The zero-order valence-electron chi connectivity index (χ0n) is 13.3. The number of nitro benzene ring substituents is 1. The second-order valence-corrected chi connectivity index (χ2v) is 7.15. The summed E-state index contributed by atoms with van der Waals surface area (Å²) in [6, 6.07) is 10.2. The first-order valence-electron chi connectivity index (χ1n) is 7.49. The minimum absolute atomic E-state index is 0.000335. The van der Waals surface area contributed by atoms with Crippen molar-refractivity contribution in [2.24, 2.45) is 0 Å². The summed E-state index contributed by atoms with van der Waals surface area (Å²) in [5.74, 6) is 0.627. The average Bonchev–Trinajstić information content (AvgIpc) is 2.61. The molecule has 1 aliphatic rings. The number of fused-ring (bicyclic) bond motifs is 1. The number of nitrogens with one attached hydrogen (secondary N) is 1. The van der Waals surface area contributed by atoms with E-state index >= 15 is 0 Å². The van der Waals surface area contributed by atoms with Crippen molar-refractivity contribution in [1.29, 1.82) is 0 Å². The number of benzene rings is 2. The van der Waals surface area contributed by atoms with E-state index in [4.69, 9.17) is 9.47 Å². The van der Waals surface area contributed by atoms with Gasteiger partial charge in [0.25, 0.3) is 0 Å². The molecule has 0 unspecified atom stereocenters. The summed E-state index contributed by atoms with van der Waals surface area (Å²) < 4.78 is 38.4. The summed E-state index contributed by atoms with van der Waals surface area (Å²) in [5.41, 5.74) is 0.332. The molecule has 2 aromatic rings. The Morgan fingerprint density at radius 3 is 2.76 bits per heavy atom. The largest absolute Gasteiger partial charge is 0.493 e. The van der Waals surface area contributed by atoms with Gasteiger partial charge in [-0.3, -0.25) is 10.1 Å². The van der Waals surface area contributed by atoms with E-state index in [1.165, 1.54) is 19.2 Å². The fourth-order valence-corrected chi connectivity index (χ4v) is 3.97. The van der Waals surface area contributed by atoms with Crippen LogP contribution in [0.1, 0.15) is 18.0 Å². The van der Waals surface area contributed by atoms with Crippen LogP contribution in [0.15, 0.2) is 47.4 Å². The Balaban J connectivity index is 1.93. The van der Waals surface area contributed by atoms with E-state index in [0.29, 0.717) is 18.8 Å². The maximum absolute atomic E-state index is 12.7. The summed E-state index contributed by atoms with van der Waals surface area (Å²) in [5, 5.41) is 11.1. The number of sulfonamides is 1. The Labute approximate surface area is 144 Å². The molecule has 2 aromatic carbocycles. The number of rotatable bonds is 5. The SMILES string of the molecule is COc1ccc(S(=O)(=O)N[C@@H]2CCOc3ccccc32)cc1[N+](=O)[O-]. The van der Waals surface area contributed by atoms with Gasteiger partial charge >= 0.3 is 5.69 Å². The molecule has 0 aliphatic carbocycles. The van der Waals surface area contributed by atoms with E-state index in [1.54, 1.807) is 18.2 Å². The Kier molecular flexibility index (Phi) is 4.60. The third kappa shape index (κ3) is 3.42. The van der Waals surface area contributed by atoms with Gasteiger partial charge in [0.05, 0.1) is 29.6 Å². The summed E-state index contributed by atoms with van der Waals surface area (Å²) in [7, 11) is -2.66. The second kappa shape index (κ2) is 6.69. The molecule has 8 nitrogen and oxygen atoms in total. The van der Waals surface area contributed by atoms with Gasteiger partial charge in [0.15, 0.2) is 5.75 Å². The van der Waals surface area contributed by atoms with Gasteiger partial charge in [0, 0.05) is 18.1 Å². The van der Waals surface area contributed by atoms with Gasteiger partial charge < -0.3 is 9.47 Å². The summed E-state index contributed by atoms with van der Waals surface area (Å²) in [6.07, 6.45) is 0.467. The highest BCUT2D eigenvalue weighted by Gasteiger charge is 2.28. The molecule has 0 saturated carbocycles. The smallest absolute Gasteiger partial charge is 0.312 e. The van der Waals surface area contributed by atoms with Crippen LogP contribution in [-0.4, -0.2) is 27.1 Å². The Bertz CT molecular complexity index is 913. The van der Waals surface area contributed by atoms with Gasteiger partial charge in [0.2, 0.25) is 10.0 Å². The van der Waals surface area contributed by atoms with Crippen molar-refractivity contribution >= 4 is 15.7 Å². The summed E-state index contributed by atoms with van der Waals surface area (Å²) >= 11 is 0. The van der Waals surface area contributed by atoms with Gasteiger partial charge in [-0.25, -0.2) is 13.1 Å². The maximum atomic E-state index is 12.7. The number of ether oxygens (including phenoxy) is 2. The minimum Gasteiger partial charge on any atom is -0.493 e. The Morgan fingerprint density at radius 2 is 2.04 bits per heavy atom. The zero-order valence-corrected chi connectivity index (χ0v) is 14.2. The van der Waals surface area contributed by atoms with Crippen molar-refractivity contribution in [3.05, 3.63) is 58.1 Å². The molecule has 0 aromatic heterocycles. The molecule has 0 amide bonds. The number of hydrogen-bond donors (Lipinski definition) is 1. The van der Waals surface area contributed by atoms with Crippen molar-refractivity contribution in [2.75, 3.05) is 13.7 Å². The van der Waals surface area contributed by atoms with Gasteiger partial charge in [-0.05, 0) is 18.2 Å². The fraction of sp³-hybridized carbons (Fsp3) is 0.250. The predicted octanol–water partition coefficient (Wildman–Crippen LogP) is 2.41. The van der Waals surface area contributed by atoms with Crippen molar-refractivity contribution in [2.45, 2.75) is 17.4 Å². The van der Waals surface area contributed by atoms with E-state index < -0.39 is 26.7 Å². The van der Waals surface area contributed by atoms with Crippen molar-refractivity contribution in [1.82, 2.24) is 4.72 Å². The molecular weight excluding hydrogens is 348 g/mol. The van der Waals surface area contributed by atoms with Gasteiger partial charge in [-0.15, -0.1) is 0 Å². The van der Waals surface area contributed by atoms with Crippen molar-refractivity contribution in [3.8, 4) is 11.5 Å². The third-order valence-corrected chi connectivity index (χ3v) is 5.38. The lowest BCUT2D eigenvalue weighted by molar-refractivity contribution is -0.386. The standard InChI is InChI=1S/C16H16N2O6S/c1-23-16-7-6-11(10-14(16)18(19)20)25(21,22)17-13-8-9-24-15-5-3-2-4-12(13)15/h2-7,10,13,17H,8-9H2,1H3/t13-/m1/s1. The van der Waals surface area contributed by atoms with Crippen LogP contribution in [0.5, 0.6) is 11.5 Å². The van der Waals surface area contributed by atoms with E-state index in [0.717, 1.165) is 11.6 Å². The first-order valence-corrected chi connectivity index (χ1v) is 8.97. The zero-order chi connectivity index (χ0) is 18.0. The minimum atomic E-state index is -3.95. The lowest BCUT2D eigenvalue weighted by Crippen LogP contribution is -2.32. The molecule has 3 rings (SSSR count). The molecule has 1 atom stereocenters. The molecular formula is C16H16N2O6S. The van der Waals surface area contributed by atoms with Crippen molar-refractivity contribution in [3.63, 3.8) is 0 Å². The molecule has 25 heavy (non-hydrogen) atoms. The fourth-order valence-electron chi connectivity index (χ4n) is 2.70. The number of nitrogens with zero attached hydrogens (tertiary/aromatic N) is 1. The van der Waals surface area contributed by atoms with E-state index in [1.807, 2.05) is 6.07 Å². The first kappa shape index (κ1) is 17.2. The number of hydrogen-bond acceptors (Lipinski definition) is 6. The van der Waals surface area contributed by atoms with Crippen LogP contribution in [0.4, 0.5) is 5.69 Å². The molecule has 0 radical (unpaired) electrons. The first-order chi connectivity index (χ1) is 11.9. The van der Waals surface area contributed by atoms with Gasteiger partial charge in [-0.1, -0.05) is 18.2 Å². The quantitative estimate of drug-likeness (QED) is 0.645. The van der Waals surface area contributed by atoms with Crippen LogP contribution in [0, 0.1) is 10.1 Å². The van der Waals surface area contributed by atoms with E-state index in [9.17, 15) is 18.5 Å². The van der Waals surface area contributed by atoms with Crippen molar-refractivity contribution < 1.29 is 22.8 Å². The molecule has 0 spiro atoms. The van der Waals surface area contributed by atoms with Crippen LogP contribution in [0.3, 0.4) is 0 Å². The number of para-hydroxylation sites is 1. The van der Waals surface area contributed by atoms with E-state index in [-0.39, 0.29) is 10.6 Å². The third-order valence-electron chi connectivity index (χ3n) is 3.91. The highest BCUT2D eigenvalue weighted by atomic mass is 32.2. The molecule has 1 N–H and O–H groups in total. The van der Waals surface area contributed by atoms with Crippen LogP contribution >= 0.6 is 0 Å². The number of methoxy groups -OCH3 is 1. The second-order valence-electron chi connectivity index (χ2n) is 5.44. The van der Waals surface area contributed by atoms with Crippen LogP contribution < -0.4 is 14.2 Å². The Hall–Kier alpha value is -2.65. The molecule has 1 aliphatic heterocycles. The summed E-state index contributed by atoms with van der Waals surface area (Å²) in [4.78, 5) is 10.2. The van der Waals surface area contributed by atoms with Gasteiger partial charge in [0.1, 0.15) is 5.75 Å². The topological polar surface area (TPSA) is 108 Å². The lowest BCUT2D eigenvalue weighted by atomic mass is 10.0. The lowest BCUT2D eigenvalue weighted by Gasteiger charge is -2.26.